The summed E-state index contributed by atoms with van der Waals surface area (Å²) in [4.78, 5) is 14.0. The lowest BCUT2D eigenvalue weighted by molar-refractivity contribution is -0.137. The van der Waals surface area contributed by atoms with Crippen LogP contribution in [0, 0.1) is 0 Å². The van der Waals surface area contributed by atoms with E-state index in [0.29, 0.717) is 25.3 Å². The van der Waals surface area contributed by atoms with E-state index in [1.165, 1.54) is 0 Å². The Labute approximate surface area is 103 Å². The lowest BCUT2D eigenvalue weighted by Gasteiger charge is -2.30. The molecule has 5 nitrogen and oxygen atoms in total. The Morgan fingerprint density at radius 3 is 2.71 bits per heavy atom. The molecule has 0 radical (unpaired) electrons. The van der Waals surface area contributed by atoms with Crippen LogP contribution in [0.3, 0.4) is 0 Å². The summed E-state index contributed by atoms with van der Waals surface area (Å²) in [5.41, 5.74) is 5.87. The van der Waals surface area contributed by atoms with Crippen molar-refractivity contribution in [2.45, 2.75) is 44.3 Å². The summed E-state index contributed by atoms with van der Waals surface area (Å²) in [5, 5.41) is 3.39. The van der Waals surface area contributed by atoms with Crippen LogP contribution in [-0.4, -0.2) is 55.2 Å². The van der Waals surface area contributed by atoms with Gasteiger partial charge in [0.25, 0.3) is 0 Å². The van der Waals surface area contributed by atoms with Gasteiger partial charge in [-0.15, -0.1) is 0 Å². The molecule has 2 aliphatic rings. The maximum absolute atomic E-state index is 12.1. The summed E-state index contributed by atoms with van der Waals surface area (Å²) in [7, 11) is 0. The van der Waals surface area contributed by atoms with Crippen molar-refractivity contribution < 1.29 is 9.53 Å². The third-order valence-electron chi connectivity index (χ3n) is 3.65. The molecule has 1 aliphatic carbocycles. The fraction of sp³-hybridized carbons (Fsp3) is 0.917. The summed E-state index contributed by atoms with van der Waals surface area (Å²) in [6, 6.07) is 0.603. The zero-order valence-corrected chi connectivity index (χ0v) is 10.5. The Morgan fingerprint density at radius 1 is 1.41 bits per heavy atom. The van der Waals surface area contributed by atoms with Crippen LogP contribution in [-0.2, 0) is 9.53 Å². The number of hydrogen-bond donors (Lipinski definition) is 2. The molecule has 1 saturated carbocycles. The number of nitrogens with one attached hydrogen (secondary N) is 1. The van der Waals surface area contributed by atoms with Gasteiger partial charge < -0.3 is 20.7 Å². The zero-order valence-electron chi connectivity index (χ0n) is 10.5. The Kier molecular flexibility index (Phi) is 4.36. The molecule has 0 aromatic rings. The van der Waals surface area contributed by atoms with Gasteiger partial charge in [0.05, 0.1) is 19.3 Å². The van der Waals surface area contributed by atoms with E-state index >= 15 is 0 Å². The number of nitrogens with zero attached hydrogens (tertiary/aromatic N) is 1. The van der Waals surface area contributed by atoms with Gasteiger partial charge in [-0.05, 0) is 26.2 Å². The minimum atomic E-state index is -0.108. The van der Waals surface area contributed by atoms with Crippen LogP contribution in [0.2, 0.25) is 0 Å². The van der Waals surface area contributed by atoms with E-state index in [1.54, 1.807) is 0 Å². The van der Waals surface area contributed by atoms with E-state index in [9.17, 15) is 4.79 Å². The molecule has 0 aromatic carbocycles. The Hall–Kier alpha value is -0.650. The number of ether oxygens (including phenoxy) is 1. The summed E-state index contributed by atoms with van der Waals surface area (Å²) in [6.45, 7) is 4.70. The first kappa shape index (κ1) is 12.8. The SMILES string of the molecule is CC(NC1CCC(N)C1)C(=O)N1CCOCC1. The van der Waals surface area contributed by atoms with Crippen LogP contribution in [0.4, 0.5) is 0 Å². The molecule has 0 spiro atoms. The average Bonchev–Trinajstić information content (AvgIpc) is 2.75. The van der Waals surface area contributed by atoms with Crippen molar-refractivity contribution in [1.29, 1.82) is 0 Å². The van der Waals surface area contributed by atoms with E-state index in [-0.39, 0.29) is 11.9 Å². The molecule has 0 bridgehead atoms. The van der Waals surface area contributed by atoms with E-state index in [1.807, 2.05) is 11.8 Å². The lowest BCUT2D eigenvalue weighted by Crippen LogP contribution is -2.51. The second-order valence-corrected chi connectivity index (χ2v) is 5.10. The largest absolute Gasteiger partial charge is 0.378 e. The van der Waals surface area contributed by atoms with Crippen molar-refractivity contribution in [3.63, 3.8) is 0 Å². The number of rotatable bonds is 3. The highest BCUT2D eigenvalue weighted by Crippen LogP contribution is 2.17. The summed E-state index contributed by atoms with van der Waals surface area (Å²) in [6.07, 6.45) is 3.14. The second kappa shape index (κ2) is 5.80. The fourth-order valence-electron chi connectivity index (χ4n) is 2.65. The first-order valence-corrected chi connectivity index (χ1v) is 6.55. The smallest absolute Gasteiger partial charge is 0.239 e. The second-order valence-electron chi connectivity index (χ2n) is 5.10. The van der Waals surface area contributed by atoms with E-state index in [4.69, 9.17) is 10.5 Å². The summed E-state index contributed by atoms with van der Waals surface area (Å²) >= 11 is 0. The standard InChI is InChI=1S/C12H23N3O2/c1-9(14-11-3-2-10(13)8-11)12(16)15-4-6-17-7-5-15/h9-11,14H,2-8,13H2,1H3. The third kappa shape index (κ3) is 3.40. The number of carbonyl (C=O) groups is 1. The van der Waals surface area contributed by atoms with Crippen LogP contribution in [0.5, 0.6) is 0 Å². The molecule has 1 amide bonds. The van der Waals surface area contributed by atoms with Crippen molar-refractivity contribution in [2.24, 2.45) is 5.73 Å². The quantitative estimate of drug-likeness (QED) is 0.712. The highest BCUT2D eigenvalue weighted by molar-refractivity contribution is 5.81. The zero-order chi connectivity index (χ0) is 12.3. The maximum atomic E-state index is 12.1. The van der Waals surface area contributed by atoms with Gasteiger partial charge in [-0.3, -0.25) is 4.79 Å². The maximum Gasteiger partial charge on any atom is 0.239 e. The lowest BCUT2D eigenvalue weighted by atomic mass is 10.2. The van der Waals surface area contributed by atoms with Crippen molar-refractivity contribution in [2.75, 3.05) is 26.3 Å². The van der Waals surface area contributed by atoms with Crippen LogP contribution >= 0.6 is 0 Å². The average molecular weight is 241 g/mol. The molecule has 3 atom stereocenters. The molecule has 1 aliphatic heterocycles. The monoisotopic (exact) mass is 241 g/mol. The molecule has 2 rings (SSSR count). The molecule has 0 aromatic heterocycles. The van der Waals surface area contributed by atoms with E-state index in [0.717, 1.165) is 32.4 Å². The van der Waals surface area contributed by atoms with Crippen molar-refractivity contribution in [3.8, 4) is 0 Å². The predicted molar refractivity (Wildman–Crippen MR) is 65.6 cm³/mol. The van der Waals surface area contributed by atoms with Crippen LogP contribution in [0.1, 0.15) is 26.2 Å². The molecule has 1 heterocycles. The summed E-state index contributed by atoms with van der Waals surface area (Å²) in [5.74, 6) is 0.189. The molecule has 17 heavy (non-hydrogen) atoms. The van der Waals surface area contributed by atoms with Gasteiger partial charge in [0.2, 0.25) is 5.91 Å². The minimum absolute atomic E-state index is 0.108. The Balaban J connectivity index is 1.78. The van der Waals surface area contributed by atoms with Gasteiger partial charge in [-0.1, -0.05) is 0 Å². The van der Waals surface area contributed by atoms with Gasteiger partial charge in [0.1, 0.15) is 0 Å². The topological polar surface area (TPSA) is 67.6 Å². The van der Waals surface area contributed by atoms with E-state index < -0.39 is 0 Å². The van der Waals surface area contributed by atoms with Gasteiger partial charge in [0, 0.05) is 25.2 Å². The number of hydrogen-bond acceptors (Lipinski definition) is 4. The van der Waals surface area contributed by atoms with Gasteiger partial charge in [-0.2, -0.15) is 0 Å². The van der Waals surface area contributed by atoms with Crippen molar-refractivity contribution in [1.82, 2.24) is 10.2 Å². The normalized spacial score (nSPS) is 31.5. The van der Waals surface area contributed by atoms with Crippen LogP contribution in [0.15, 0.2) is 0 Å². The minimum Gasteiger partial charge on any atom is -0.378 e. The predicted octanol–water partition coefficient (Wildman–Crippen LogP) is -0.297. The molecule has 98 valence electrons. The molecule has 3 unspecified atom stereocenters. The molecule has 3 N–H and O–H groups in total. The number of carbonyl (C=O) groups excluding carboxylic acids is 1. The number of nitrogens with two attached hydrogens (primary N) is 1. The highest BCUT2D eigenvalue weighted by atomic mass is 16.5. The molecule has 2 fully saturated rings. The highest BCUT2D eigenvalue weighted by Gasteiger charge is 2.27. The molecular formula is C12H23N3O2. The third-order valence-corrected chi connectivity index (χ3v) is 3.65. The van der Waals surface area contributed by atoms with Crippen LogP contribution in [0.25, 0.3) is 0 Å². The van der Waals surface area contributed by atoms with Gasteiger partial charge >= 0.3 is 0 Å². The molecular weight excluding hydrogens is 218 g/mol. The number of amides is 1. The fourth-order valence-corrected chi connectivity index (χ4v) is 2.65. The van der Waals surface area contributed by atoms with Crippen molar-refractivity contribution >= 4 is 5.91 Å². The van der Waals surface area contributed by atoms with Crippen molar-refractivity contribution in [3.05, 3.63) is 0 Å². The van der Waals surface area contributed by atoms with Crippen LogP contribution < -0.4 is 11.1 Å². The first-order chi connectivity index (χ1) is 8.16. The van der Waals surface area contributed by atoms with Gasteiger partial charge in [0.15, 0.2) is 0 Å². The molecule has 1 saturated heterocycles. The number of morpholine rings is 1. The Morgan fingerprint density at radius 2 is 2.12 bits per heavy atom. The first-order valence-electron chi connectivity index (χ1n) is 6.55. The molecule has 5 heteroatoms. The summed E-state index contributed by atoms with van der Waals surface area (Å²) < 4.78 is 5.25. The Bertz CT molecular complexity index is 266. The van der Waals surface area contributed by atoms with E-state index in [2.05, 4.69) is 5.32 Å². The van der Waals surface area contributed by atoms with Gasteiger partial charge in [-0.25, -0.2) is 0 Å².